The van der Waals surface area contributed by atoms with E-state index in [0.717, 1.165) is 5.92 Å². The summed E-state index contributed by atoms with van der Waals surface area (Å²) in [6.45, 7) is 14.3. The SMILES string of the molecule is C=CC(C)NC1CCN(CC(C)C)CC1. The summed E-state index contributed by atoms with van der Waals surface area (Å²) in [5.74, 6) is 0.793. The van der Waals surface area contributed by atoms with Crippen LogP contribution in [-0.4, -0.2) is 36.6 Å². The van der Waals surface area contributed by atoms with Crippen LogP contribution < -0.4 is 5.32 Å². The molecule has 0 bridgehead atoms. The first kappa shape index (κ1) is 12.7. The van der Waals surface area contributed by atoms with Gasteiger partial charge in [-0.15, -0.1) is 6.58 Å². The Morgan fingerprint density at radius 2 is 1.93 bits per heavy atom. The monoisotopic (exact) mass is 210 g/mol. The van der Waals surface area contributed by atoms with E-state index in [9.17, 15) is 0 Å². The Morgan fingerprint density at radius 1 is 1.33 bits per heavy atom. The van der Waals surface area contributed by atoms with Crippen LogP contribution in [0.2, 0.25) is 0 Å². The van der Waals surface area contributed by atoms with Gasteiger partial charge in [0, 0.05) is 18.6 Å². The van der Waals surface area contributed by atoms with E-state index in [1.165, 1.54) is 32.5 Å². The van der Waals surface area contributed by atoms with Crippen molar-refractivity contribution < 1.29 is 0 Å². The van der Waals surface area contributed by atoms with Crippen molar-refractivity contribution in [2.75, 3.05) is 19.6 Å². The molecule has 0 radical (unpaired) electrons. The van der Waals surface area contributed by atoms with Gasteiger partial charge in [0.25, 0.3) is 0 Å². The molecule has 1 aliphatic heterocycles. The summed E-state index contributed by atoms with van der Waals surface area (Å²) in [5, 5.41) is 3.60. The second-order valence-corrected chi connectivity index (χ2v) is 5.16. The van der Waals surface area contributed by atoms with Gasteiger partial charge >= 0.3 is 0 Å². The molecule has 1 atom stereocenters. The number of hydrogen-bond acceptors (Lipinski definition) is 2. The molecular formula is C13H26N2. The number of nitrogens with one attached hydrogen (secondary N) is 1. The highest BCUT2D eigenvalue weighted by molar-refractivity contribution is 4.86. The number of hydrogen-bond donors (Lipinski definition) is 1. The van der Waals surface area contributed by atoms with Gasteiger partial charge in [0.2, 0.25) is 0 Å². The number of nitrogens with zero attached hydrogens (tertiary/aromatic N) is 1. The average molecular weight is 210 g/mol. The predicted molar refractivity (Wildman–Crippen MR) is 67.1 cm³/mol. The normalized spacial score (nSPS) is 21.9. The van der Waals surface area contributed by atoms with E-state index in [0.29, 0.717) is 12.1 Å². The number of piperidine rings is 1. The standard InChI is InChI=1S/C13H26N2/c1-5-12(4)14-13-6-8-15(9-7-13)10-11(2)3/h5,11-14H,1,6-10H2,2-4H3. The van der Waals surface area contributed by atoms with Crippen LogP contribution in [0.5, 0.6) is 0 Å². The Kier molecular flexibility index (Phi) is 5.34. The second kappa shape index (κ2) is 6.29. The molecule has 1 rings (SSSR count). The molecule has 2 nitrogen and oxygen atoms in total. The van der Waals surface area contributed by atoms with Crippen LogP contribution in [0.4, 0.5) is 0 Å². The van der Waals surface area contributed by atoms with E-state index in [1.54, 1.807) is 0 Å². The van der Waals surface area contributed by atoms with Crippen molar-refractivity contribution in [2.45, 2.75) is 45.7 Å². The average Bonchev–Trinajstić information content (AvgIpc) is 2.20. The third-order valence-electron chi connectivity index (χ3n) is 3.06. The Morgan fingerprint density at radius 3 is 2.40 bits per heavy atom. The topological polar surface area (TPSA) is 15.3 Å². The number of rotatable bonds is 5. The summed E-state index contributed by atoms with van der Waals surface area (Å²) in [6, 6.07) is 1.15. The maximum atomic E-state index is 3.81. The summed E-state index contributed by atoms with van der Waals surface area (Å²) in [6.07, 6.45) is 4.55. The predicted octanol–water partition coefficient (Wildman–Crippen LogP) is 2.27. The Hall–Kier alpha value is -0.340. The van der Waals surface area contributed by atoms with Gasteiger partial charge in [-0.1, -0.05) is 19.9 Å². The van der Waals surface area contributed by atoms with E-state index in [2.05, 4.69) is 37.6 Å². The highest BCUT2D eigenvalue weighted by Crippen LogP contribution is 2.12. The highest BCUT2D eigenvalue weighted by atomic mass is 15.1. The molecule has 1 aliphatic rings. The molecule has 0 aromatic rings. The van der Waals surface area contributed by atoms with Crippen molar-refractivity contribution >= 4 is 0 Å². The summed E-state index contributed by atoms with van der Waals surface area (Å²) in [4.78, 5) is 2.58. The quantitative estimate of drug-likeness (QED) is 0.700. The first-order valence-electron chi connectivity index (χ1n) is 6.22. The molecule has 0 spiro atoms. The van der Waals surface area contributed by atoms with Gasteiger partial charge in [0.1, 0.15) is 0 Å². The van der Waals surface area contributed by atoms with Crippen LogP contribution in [0.1, 0.15) is 33.6 Å². The minimum Gasteiger partial charge on any atom is -0.308 e. The summed E-state index contributed by atoms with van der Waals surface area (Å²) < 4.78 is 0. The lowest BCUT2D eigenvalue weighted by Crippen LogP contribution is -2.45. The summed E-state index contributed by atoms with van der Waals surface area (Å²) in [7, 11) is 0. The lowest BCUT2D eigenvalue weighted by molar-refractivity contribution is 0.178. The molecule has 1 N–H and O–H groups in total. The smallest absolute Gasteiger partial charge is 0.0221 e. The maximum Gasteiger partial charge on any atom is 0.0221 e. The molecule has 1 unspecified atom stereocenters. The van der Waals surface area contributed by atoms with Crippen molar-refractivity contribution in [3.05, 3.63) is 12.7 Å². The molecule has 15 heavy (non-hydrogen) atoms. The van der Waals surface area contributed by atoms with Gasteiger partial charge in [-0.2, -0.15) is 0 Å². The fraction of sp³-hybridized carbons (Fsp3) is 0.846. The third-order valence-corrected chi connectivity index (χ3v) is 3.06. The van der Waals surface area contributed by atoms with Crippen LogP contribution in [0, 0.1) is 5.92 Å². The van der Waals surface area contributed by atoms with Crippen molar-refractivity contribution in [3.8, 4) is 0 Å². The minimum absolute atomic E-state index is 0.451. The highest BCUT2D eigenvalue weighted by Gasteiger charge is 2.19. The molecule has 2 heteroatoms. The van der Waals surface area contributed by atoms with Gasteiger partial charge in [0.05, 0.1) is 0 Å². The van der Waals surface area contributed by atoms with E-state index in [-0.39, 0.29) is 0 Å². The first-order chi connectivity index (χ1) is 7.11. The number of likely N-dealkylation sites (tertiary alicyclic amines) is 1. The minimum atomic E-state index is 0.451. The van der Waals surface area contributed by atoms with Crippen molar-refractivity contribution in [3.63, 3.8) is 0 Å². The molecule has 1 fully saturated rings. The molecule has 0 amide bonds. The lowest BCUT2D eigenvalue weighted by Gasteiger charge is -2.34. The Balaban J connectivity index is 2.20. The molecule has 0 saturated carbocycles. The lowest BCUT2D eigenvalue weighted by atomic mass is 10.0. The Labute approximate surface area is 94.7 Å². The van der Waals surface area contributed by atoms with E-state index < -0.39 is 0 Å². The van der Waals surface area contributed by atoms with Crippen LogP contribution in [0.25, 0.3) is 0 Å². The van der Waals surface area contributed by atoms with Gasteiger partial charge in [-0.05, 0) is 38.8 Å². The van der Waals surface area contributed by atoms with Crippen molar-refractivity contribution in [1.29, 1.82) is 0 Å². The zero-order chi connectivity index (χ0) is 11.3. The summed E-state index contributed by atoms with van der Waals surface area (Å²) in [5.41, 5.74) is 0. The fourth-order valence-corrected chi connectivity index (χ4v) is 2.24. The molecule has 0 aliphatic carbocycles. The third kappa shape index (κ3) is 4.80. The van der Waals surface area contributed by atoms with Gasteiger partial charge in [-0.3, -0.25) is 0 Å². The van der Waals surface area contributed by atoms with E-state index in [4.69, 9.17) is 0 Å². The zero-order valence-corrected chi connectivity index (χ0v) is 10.5. The molecular weight excluding hydrogens is 184 g/mol. The van der Waals surface area contributed by atoms with E-state index in [1.807, 2.05) is 6.08 Å². The molecule has 1 heterocycles. The Bertz CT molecular complexity index is 181. The largest absolute Gasteiger partial charge is 0.308 e. The fourth-order valence-electron chi connectivity index (χ4n) is 2.24. The maximum absolute atomic E-state index is 3.81. The molecule has 88 valence electrons. The van der Waals surface area contributed by atoms with Gasteiger partial charge in [0.15, 0.2) is 0 Å². The van der Waals surface area contributed by atoms with Crippen LogP contribution in [-0.2, 0) is 0 Å². The van der Waals surface area contributed by atoms with Crippen molar-refractivity contribution in [1.82, 2.24) is 10.2 Å². The van der Waals surface area contributed by atoms with Crippen LogP contribution in [0.15, 0.2) is 12.7 Å². The summed E-state index contributed by atoms with van der Waals surface area (Å²) >= 11 is 0. The first-order valence-corrected chi connectivity index (χ1v) is 6.22. The van der Waals surface area contributed by atoms with Crippen LogP contribution in [0.3, 0.4) is 0 Å². The van der Waals surface area contributed by atoms with Crippen LogP contribution >= 0.6 is 0 Å². The molecule has 0 aromatic carbocycles. The van der Waals surface area contributed by atoms with Crippen molar-refractivity contribution in [2.24, 2.45) is 5.92 Å². The zero-order valence-electron chi connectivity index (χ0n) is 10.5. The second-order valence-electron chi connectivity index (χ2n) is 5.16. The molecule has 0 aromatic heterocycles. The van der Waals surface area contributed by atoms with E-state index >= 15 is 0 Å². The van der Waals surface area contributed by atoms with Gasteiger partial charge in [-0.25, -0.2) is 0 Å². The van der Waals surface area contributed by atoms with Gasteiger partial charge < -0.3 is 10.2 Å². The molecule has 1 saturated heterocycles.